The summed E-state index contributed by atoms with van der Waals surface area (Å²) in [5, 5.41) is 6.90. The summed E-state index contributed by atoms with van der Waals surface area (Å²) in [6.07, 6.45) is 0. The van der Waals surface area contributed by atoms with Gasteiger partial charge in [-0.1, -0.05) is 35.0 Å². The molecular weight excluding hydrogens is 408 g/mol. The highest BCUT2D eigenvalue weighted by atomic mass is 16.5. The van der Waals surface area contributed by atoms with Crippen molar-refractivity contribution >= 4 is 5.91 Å². The van der Waals surface area contributed by atoms with Crippen LogP contribution in [0.1, 0.15) is 39.2 Å². The Hall–Kier alpha value is -3.23. The molecule has 1 amide bonds. The molecule has 0 saturated carbocycles. The van der Waals surface area contributed by atoms with Gasteiger partial charge in [0.15, 0.2) is 6.61 Å². The monoisotopic (exact) mass is 436 g/mol. The van der Waals surface area contributed by atoms with Crippen molar-refractivity contribution in [1.29, 1.82) is 0 Å². The maximum atomic E-state index is 12.8. The van der Waals surface area contributed by atoms with Crippen LogP contribution in [0.25, 0.3) is 0 Å². The van der Waals surface area contributed by atoms with Crippen LogP contribution in [0, 0.1) is 13.8 Å². The van der Waals surface area contributed by atoms with Crippen LogP contribution in [0.2, 0.25) is 0 Å². The number of nitrogens with zero attached hydrogens (tertiary/aromatic N) is 3. The van der Waals surface area contributed by atoms with Crippen LogP contribution in [0.4, 0.5) is 0 Å². The predicted octanol–water partition coefficient (Wildman–Crippen LogP) is 3.07. The summed E-state index contributed by atoms with van der Waals surface area (Å²) in [5.41, 5.74) is 2.99. The number of hydrogen-bond donors (Lipinski definition) is 1. The normalized spacial score (nSPS) is 15.3. The summed E-state index contributed by atoms with van der Waals surface area (Å²) in [7, 11) is 0. The summed E-state index contributed by atoms with van der Waals surface area (Å²) in [5.74, 6) is 1.50. The average molecular weight is 437 g/mol. The number of ether oxygens (including phenoxy) is 2. The number of benzene rings is 2. The lowest BCUT2D eigenvalue weighted by Crippen LogP contribution is -2.43. The van der Waals surface area contributed by atoms with Crippen LogP contribution < -0.4 is 10.1 Å². The van der Waals surface area contributed by atoms with Crippen LogP contribution in [-0.4, -0.2) is 53.8 Å². The van der Waals surface area contributed by atoms with Gasteiger partial charge in [-0.05, 0) is 36.8 Å². The van der Waals surface area contributed by atoms with Gasteiger partial charge in [-0.3, -0.25) is 9.69 Å². The number of rotatable bonds is 8. The van der Waals surface area contributed by atoms with Gasteiger partial charge in [0.2, 0.25) is 11.7 Å². The quantitative estimate of drug-likeness (QED) is 0.580. The number of morpholine rings is 1. The number of amides is 1. The molecule has 0 bridgehead atoms. The molecule has 2 aromatic carbocycles. The molecule has 1 atom stereocenters. The van der Waals surface area contributed by atoms with E-state index in [2.05, 4.69) is 51.5 Å². The lowest BCUT2D eigenvalue weighted by molar-refractivity contribution is 0.0162. The summed E-state index contributed by atoms with van der Waals surface area (Å²) in [6.45, 7) is 7.66. The van der Waals surface area contributed by atoms with Crippen molar-refractivity contribution in [3.05, 3.63) is 76.9 Å². The van der Waals surface area contributed by atoms with Gasteiger partial charge in [-0.25, -0.2) is 0 Å². The Morgan fingerprint density at radius 3 is 2.62 bits per heavy atom. The molecule has 1 aliphatic heterocycles. The van der Waals surface area contributed by atoms with Gasteiger partial charge in [-0.2, -0.15) is 4.98 Å². The van der Waals surface area contributed by atoms with E-state index >= 15 is 0 Å². The van der Waals surface area contributed by atoms with E-state index in [4.69, 9.17) is 14.0 Å². The Morgan fingerprint density at radius 1 is 1.16 bits per heavy atom. The summed E-state index contributed by atoms with van der Waals surface area (Å²) >= 11 is 0. The van der Waals surface area contributed by atoms with Crippen LogP contribution in [0.15, 0.2) is 53.1 Å². The minimum atomic E-state index is -0.115. The van der Waals surface area contributed by atoms with Crippen molar-refractivity contribution in [2.45, 2.75) is 26.5 Å². The summed E-state index contributed by atoms with van der Waals surface area (Å²) in [6, 6.07) is 15.6. The van der Waals surface area contributed by atoms with Crippen LogP contribution >= 0.6 is 0 Å². The molecule has 168 valence electrons. The first-order valence-electron chi connectivity index (χ1n) is 10.8. The molecule has 8 heteroatoms. The molecule has 0 aliphatic carbocycles. The van der Waals surface area contributed by atoms with E-state index in [-0.39, 0.29) is 18.6 Å². The minimum absolute atomic E-state index is 0.101. The lowest BCUT2D eigenvalue weighted by atomic mass is 10.0. The molecule has 0 spiro atoms. The van der Waals surface area contributed by atoms with Gasteiger partial charge in [-0.15, -0.1) is 0 Å². The Bertz CT molecular complexity index is 1030. The van der Waals surface area contributed by atoms with Gasteiger partial charge in [0.1, 0.15) is 5.75 Å². The van der Waals surface area contributed by atoms with E-state index in [1.54, 1.807) is 31.2 Å². The summed E-state index contributed by atoms with van der Waals surface area (Å²) < 4.78 is 16.1. The highest BCUT2D eigenvalue weighted by Crippen LogP contribution is 2.22. The maximum Gasteiger partial charge on any atom is 0.251 e. The highest BCUT2D eigenvalue weighted by Gasteiger charge is 2.23. The zero-order chi connectivity index (χ0) is 22.3. The number of carbonyl (C=O) groups excluding carboxylic acids is 1. The fourth-order valence-corrected chi connectivity index (χ4v) is 3.77. The van der Waals surface area contributed by atoms with Crippen molar-refractivity contribution in [2.75, 3.05) is 32.8 Å². The Balaban J connectivity index is 1.36. The number of aromatic nitrogens is 2. The smallest absolute Gasteiger partial charge is 0.251 e. The van der Waals surface area contributed by atoms with E-state index in [0.29, 0.717) is 42.8 Å². The number of carbonyl (C=O) groups is 1. The third kappa shape index (κ3) is 5.72. The number of nitrogens with one attached hydrogen (secondary N) is 1. The van der Waals surface area contributed by atoms with Crippen molar-refractivity contribution in [1.82, 2.24) is 20.4 Å². The second-order valence-electron chi connectivity index (χ2n) is 7.83. The van der Waals surface area contributed by atoms with Crippen LogP contribution in [0.5, 0.6) is 5.75 Å². The molecule has 3 aromatic rings. The van der Waals surface area contributed by atoms with Gasteiger partial charge in [0.05, 0.1) is 19.3 Å². The molecule has 8 nitrogen and oxygen atoms in total. The fraction of sp³-hybridized carbons (Fsp3) is 0.375. The molecule has 1 unspecified atom stereocenters. The third-order valence-electron chi connectivity index (χ3n) is 5.42. The van der Waals surface area contributed by atoms with E-state index < -0.39 is 0 Å². The van der Waals surface area contributed by atoms with Crippen molar-refractivity contribution in [3.8, 4) is 5.75 Å². The largest absolute Gasteiger partial charge is 0.485 e. The summed E-state index contributed by atoms with van der Waals surface area (Å²) in [4.78, 5) is 19.3. The fourth-order valence-electron chi connectivity index (χ4n) is 3.77. The SMILES string of the molecule is Cc1cccc(C(CNC(=O)c2ccc(OCc3noc(C)n3)cc2)N2CCOCC2)c1. The molecule has 4 rings (SSSR count). The molecule has 1 aromatic heterocycles. The van der Waals surface area contributed by atoms with Crippen molar-refractivity contribution in [2.24, 2.45) is 0 Å². The number of hydrogen-bond acceptors (Lipinski definition) is 7. The van der Waals surface area contributed by atoms with E-state index in [1.807, 2.05) is 0 Å². The van der Waals surface area contributed by atoms with E-state index in [1.165, 1.54) is 11.1 Å². The van der Waals surface area contributed by atoms with Gasteiger partial charge in [0, 0.05) is 32.1 Å². The molecule has 1 saturated heterocycles. The zero-order valence-electron chi connectivity index (χ0n) is 18.4. The maximum absolute atomic E-state index is 12.8. The first kappa shape index (κ1) is 22.0. The molecular formula is C24H28N4O4. The second-order valence-corrected chi connectivity index (χ2v) is 7.83. The van der Waals surface area contributed by atoms with Gasteiger partial charge in [0.25, 0.3) is 5.91 Å². The molecule has 32 heavy (non-hydrogen) atoms. The topological polar surface area (TPSA) is 89.7 Å². The van der Waals surface area contributed by atoms with E-state index in [9.17, 15) is 4.79 Å². The van der Waals surface area contributed by atoms with Crippen molar-refractivity contribution in [3.63, 3.8) is 0 Å². The zero-order valence-corrected chi connectivity index (χ0v) is 18.4. The highest BCUT2D eigenvalue weighted by molar-refractivity contribution is 5.94. The lowest BCUT2D eigenvalue weighted by Gasteiger charge is -2.35. The Labute approximate surface area is 187 Å². The van der Waals surface area contributed by atoms with Crippen molar-refractivity contribution < 1.29 is 18.8 Å². The minimum Gasteiger partial charge on any atom is -0.485 e. The molecule has 1 N–H and O–H groups in total. The predicted molar refractivity (Wildman–Crippen MR) is 118 cm³/mol. The molecule has 0 radical (unpaired) electrons. The Kier molecular flexibility index (Phi) is 7.14. The molecule has 1 fully saturated rings. The van der Waals surface area contributed by atoms with Gasteiger partial charge < -0.3 is 19.3 Å². The average Bonchev–Trinajstić information content (AvgIpc) is 3.24. The standard InChI is InChI=1S/C24H28N4O4/c1-17-4-3-5-20(14-17)22(28-10-12-30-13-11-28)15-25-24(29)19-6-8-21(9-7-19)31-16-23-26-18(2)32-27-23/h3-9,14,22H,10-13,15-16H2,1-2H3,(H,25,29). The number of aryl methyl sites for hydroxylation is 2. The van der Waals surface area contributed by atoms with Crippen LogP contribution in [0.3, 0.4) is 0 Å². The van der Waals surface area contributed by atoms with Crippen LogP contribution in [-0.2, 0) is 11.3 Å². The third-order valence-corrected chi connectivity index (χ3v) is 5.42. The second kappa shape index (κ2) is 10.4. The molecule has 2 heterocycles. The van der Waals surface area contributed by atoms with Gasteiger partial charge >= 0.3 is 0 Å². The Morgan fingerprint density at radius 2 is 1.94 bits per heavy atom. The van der Waals surface area contributed by atoms with E-state index in [0.717, 1.165) is 13.1 Å². The first-order valence-corrected chi connectivity index (χ1v) is 10.8. The first-order chi connectivity index (χ1) is 15.6. The molecule has 1 aliphatic rings.